The van der Waals surface area contributed by atoms with Crippen LogP contribution in [0.5, 0.6) is 0 Å². The molecule has 1 atom stereocenters. The molecule has 0 saturated carbocycles. The Labute approximate surface area is 106 Å². The summed E-state index contributed by atoms with van der Waals surface area (Å²) in [5.74, 6) is 0.765. The molecule has 0 bridgehead atoms. The van der Waals surface area contributed by atoms with Gasteiger partial charge in [-0.3, -0.25) is 0 Å². The van der Waals surface area contributed by atoms with Crippen molar-refractivity contribution < 1.29 is 0 Å². The Hall–Kier alpha value is -0.830. The van der Waals surface area contributed by atoms with E-state index in [1.54, 1.807) is 0 Å². The van der Waals surface area contributed by atoms with Crippen LogP contribution in [0.3, 0.4) is 0 Å². The van der Waals surface area contributed by atoms with E-state index in [-0.39, 0.29) is 5.54 Å². The Bertz CT molecular complexity index is 339. The summed E-state index contributed by atoms with van der Waals surface area (Å²) in [6, 6.07) is 0.516. The Kier molecular flexibility index (Phi) is 4.75. The van der Waals surface area contributed by atoms with Gasteiger partial charge in [-0.25, -0.2) is 4.98 Å². The van der Waals surface area contributed by atoms with E-state index in [0.29, 0.717) is 6.04 Å². The number of nitrogens with zero attached hydrogens (tertiary/aromatic N) is 2. The van der Waals surface area contributed by atoms with Crippen molar-refractivity contribution in [2.45, 2.75) is 59.0 Å². The van der Waals surface area contributed by atoms with Gasteiger partial charge in [0.2, 0.25) is 0 Å². The molecule has 0 aliphatic carbocycles. The maximum atomic E-state index is 4.31. The number of rotatable bonds is 6. The highest BCUT2D eigenvalue weighted by atomic mass is 15.1. The molecular formula is C14H27N3. The summed E-state index contributed by atoms with van der Waals surface area (Å²) < 4.78 is 2.30. The molecule has 0 radical (unpaired) electrons. The van der Waals surface area contributed by atoms with Gasteiger partial charge in [0.25, 0.3) is 0 Å². The predicted molar refractivity (Wildman–Crippen MR) is 73.1 cm³/mol. The van der Waals surface area contributed by atoms with Crippen LogP contribution in [0.1, 0.15) is 59.2 Å². The Morgan fingerprint density at radius 1 is 1.29 bits per heavy atom. The van der Waals surface area contributed by atoms with E-state index < -0.39 is 0 Å². The van der Waals surface area contributed by atoms with Gasteiger partial charge in [-0.2, -0.15) is 0 Å². The first-order valence-electron chi connectivity index (χ1n) is 6.59. The summed E-state index contributed by atoms with van der Waals surface area (Å²) in [5, 5.41) is 3.34. The third-order valence-electron chi connectivity index (χ3n) is 3.57. The fourth-order valence-corrected chi connectivity index (χ4v) is 1.98. The van der Waals surface area contributed by atoms with E-state index in [1.807, 2.05) is 19.6 Å². The number of hydrogen-bond donors (Lipinski definition) is 1. The Morgan fingerprint density at radius 2 is 1.94 bits per heavy atom. The van der Waals surface area contributed by atoms with Crippen LogP contribution in [0.15, 0.2) is 12.5 Å². The van der Waals surface area contributed by atoms with E-state index in [0.717, 1.165) is 5.92 Å². The molecule has 3 heteroatoms. The average molecular weight is 237 g/mol. The third kappa shape index (κ3) is 3.56. The molecule has 1 aromatic rings. The first-order chi connectivity index (χ1) is 7.88. The molecule has 0 aliphatic heterocycles. The van der Waals surface area contributed by atoms with Crippen molar-refractivity contribution >= 4 is 0 Å². The van der Waals surface area contributed by atoms with Gasteiger partial charge in [0, 0.05) is 6.04 Å². The zero-order valence-electron chi connectivity index (χ0n) is 12.1. The zero-order chi connectivity index (χ0) is 13.1. The van der Waals surface area contributed by atoms with E-state index in [2.05, 4.69) is 49.5 Å². The molecule has 0 amide bonds. The molecule has 1 heterocycles. The van der Waals surface area contributed by atoms with Crippen LogP contribution in [0.2, 0.25) is 0 Å². The van der Waals surface area contributed by atoms with Gasteiger partial charge in [-0.05, 0) is 46.6 Å². The minimum atomic E-state index is -0.0252. The van der Waals surface area contributed by atoms with Gasteiger partial charge in [0.15, 0.2) is 0 Å². The van der Waals surface area contributed by atoms with Crippen LogP contribution in [0.25, 0.3) is 0 Å². The normalized spacial score (nSPS) is 14.3. The van der Waals surface area contributed by atoms with Crippen molar-refractivity contribution in [1.82, 2.24) is 14.9 Å². The van der Waals surface area contributed by atoms with Crippen LogP contribution in [-0.4, -0.2) is 16.6 Å². The second kappa shape index (κ2) is 5.67. The zero-order valence-corrected chi connectivity index (χ0v) is 12.1. The predicted octanol–water partition coefficient (Wildman–Crippen LogP) is 3.33. The van der Waals surface area contributed by atoms with Gasteiger partial charge < -0.3 is 9.88 Å². The van der Waals surface area contributed by atoms with Crippen molar-refractivity contribution in [3.8, 4) is 0 Å². The van der Waals surface area contributed by atoms with E-state index in [1.165, 1.54) is 18.5 Å². The van der Waals surface area contributed by atoms with Crippen molar-refractivity contribution in [3.05, 3.63) is 18.2 Å². The van der Waals surface area contributed by atoms with Gasteiger partial charge in [-0.1, -0.05) is 13.8 Å². The quantitative estimate of drug-likeness (QED) is 0.822. The molecule has 1 unspecified atom stereocenters. The molecule has 1 rings (SSSR count). The first-order valence-corrected chi connectivity index (χ1v) is 6.59. The monoisotopic (exact) mass is 237 g/mol. The number of nitrogens with one attached hydrogen (secondary N) is 1. The van der Waals surface area contributed by atoms with E-state index in [9.17, 15) is 0 Å². The van der Waals surface area contributed by atoms with Crippen LogP contribution in [-0.2, 0) is 5.54 Å². The lowest BCUT2D eigenvalue weighted by molar-refractivity contribution is 0.369. The summed E-state index contributed by atoms with van der Waals surface area (Å²) in [6.45, 7) is 11.2. The molecular weight excluding hydrogens is 210 g/mol. The summed E-state index contributed by atoms with van der Waals surface area (Å²) in [6.07, 6.45) is 6.40. The largest absolute Gasteiger partial charge is 0.330 e. The van der Waals surface area contributed by atoms with Crippen molar-refractivity contribution in [2.24, 2.45) is 5.92 Å². The lowest BCUT2D eigenvalue weighted by Gasteiger charge is -2.28. The summed E-state index contributed by atoms with van der Waals surface area (Å²) in [4.78, 5) is 4.31. The second-order valence-corrected chi connectivity index (χ2v) is 5.88. The molecule has 17 heavy (non-hydrogen) atoms. The van der Waals surface area contributed by atoms with Gasteiger partial charge >= 0.3 is 0 Å². The molecule has 0 aliphatic rings. The number of aromatic nitrogens is 2. The molecule has 1 N–H and O–H groups in total. The number of hydrogen-bond acceptors (Lipinski definition) is 2. The van der Waals surface area contributed by atoms with Gasteiger partial charge in [0.05, 0.1) is 23.8 Å². The Balaban J connectivity index is 2.81. The van der Waals surface area contributed by atoms with Crippen LogP contribution in [0, 0.1) is 5.92 Å². The molecule has 1 aromatic heterocycles. The minimum Gasteiger partial charge on any atom is -0.330 e. The smallest absolute Gasteiger partial charge is 0.0951 e. The first kappa shape index (κ1) is 14.2. The third-order valence-corrected chi connectivity index (χ3v) is 3.57. The van der Waals surface area contributed by atoms with Crippen LogP contribution in [0.4, 0.5) is 0 Å². The van der Waals surface area contributed by atoms with E-state index >= 15 is 0 Å². The molecule has 98 valence electrons. The van der Waals surface area contributed by atoms with E-state index in [4.69, 9.17) is 0 Å². The van der Waals surface area contributed by atoms with Crippen molar-refractivity contribution in [1.29, 1.82) is 0 Å². The topological polar surface area (TPSA) is 29.9 Å². The highest BCUT2D eigenvalue weighted by Gasteiger charge is 2.23. The SMILES string of the molecule is CNC(C)(C)c1cncn1C(C)CCC(C)C. The fraction of sp³-hybridized carbons (Fsp3) is 0.786. The molecule has 0 fully saturated rings. The lowest BCUT2D eigenvalue weighted by Crippen LogP contribution is -2.35. The minimum absolute atomic E-state index is 0.0252. The van der Waals surface area contributed by atoms with Crippen molar-refractivity contribution in [3.63, 3.8) is 0 Å². The Morgan fingerprint density at radius 3 is 2.47 bits per heavy atom. The fourth-order valence-electron chi connectivity index (χ4n) is 1.98. The lowest BCUT2D eigenvalue weighted by atomic mass is 9.99. The molecule has 0 aromatic carbocycles. The van der Waals surface area contributed by atoms with Gasteiger partial charge in [-0.15, -0.1) is 0 Å². The summed E-state index contributed by atoms with van der Waals surface area (Å²) >= 11 is 0. The standard InChI is InChI=1S/C14H27N3/c1-11(2)7-8-12(3)17-10-16-9-13(17)14(4,5)15-6/h9-12,15H,7-8H2,1-6H3. The number of imidazole rings is 1. The highest BCUT2D eigenvalue weighted by molar-refractivity contribution is 5.11. The molecule has 0 saturated heterocycles. The summed E-state index contributed by atoms with van der Waals surface area (Å²) in [7, 11) is 2.00. The van der Waals surface area contributed by atoms with Crippen molar-refractivity contribution in [2.75, 3.05) is 7.05 Å². The second-order valence-electron chi connectivity index (χ2n) is 5.88. The molecule has 3 nitrogen and oxygen atoms in total. The maximum absolute atomic E-state index is 4.31. The average Bonchev–Trinajstić information content (AvgIpc) is 2.75. The van der Waals surface area contributed by atoms with Crippen LogP contribution < -0.4 is 5.32 Å². The van der Waals surface area contributed by atoms with Gasteiger partial charge in [0.1, 0.15) is 0 Å². The van der Waals surface area contributed by atoms with Crippen LogP contribution >= 0.6 is 0 Å². The summed E-state index contributed by atoms with van der Waals surface area (Å²) in [5.41, 5.74) is 1.24. The molecule has 0 spiro atoms. The highest BCUT2D eigenvalue weighted by Crippen LogP contribution is 2.25. The maximum Gasteiger partial charge on any atom is 0.0951 e.